The number of halogens is 2. The van der Waals surface area contributed by atoms with Gasteiger partial charge in [-0.25, -0.2) is 15.0 Å². The highest BCUT2D eigenvalue weighted by Crippen LogP contribution is 2.30. The first-order valence-electron chi connectivity index (χ1n) is 10.8. The molecule has 0 atom stereocenters. The summed E-state index contributed by atoms with van der Waals surface area (Å²) in [6.07, 6.45) is 1.52. The van der Waals surface area contributed by atoms with E-state index in [1.165, 1.54) is 6.33 Å². The number of piperazine rings is 1. The minimum atomic E-state index is -0.781. The lowest BCUT2D eigenvalue weighted by atomic mass is 10.2. The fraction of sp³-hybridized carbons (Fsp3) is 0.429. The van der Waals surface area contributed by atoms with Crippen molar-refractivity contribution >= 4 is 63.0 Å². The number of hydrogen-bond donors (Lipinski definition) is 2. The third-order valence-electron chi connectivity index (χ3n) is 5.79. The summed E-state index contributed by atoms with van der Waals surface area (Å²) >= 11 is 11.6. The van der Waals surface area contributed by atoms with Crippen molar-refractivity contribution < 1.29 is 4.55 Å². The molecule has 33 heavy (non-hydrogen) atoms. The second-order valence-corrected chi connectivity index (χ2v) is 10.5. The summed E-state index contributed by atoms with van der Waals surface area (Å²) < 4.78 is 11.9. The Morgan fingerprint density at radius 2 is 1.79 bits per heavy atom. The molecule has 0 bridgehead atoms. The Bertz CT molecular complexity index is 1140. The molecule has 2 N–H and O–H groups in total. The number of nitrogens with one attached hydrogen (secondary N) is 2. The molecule has 1 aromatic carbocycles. The van der Waals surface area contributed by atoms with Crippen molar-refractivity contribution in [2.24, 2.45) is 0 Å². The van der Waals surface area contributed by atoms with Gasteiger partial charge in [-0.2, -0.15) is 4.98 Å². The number of nitrogens with zero attached hydrogens (tertiary/aromatic N) is 6. The van der Waals surface area contributed by atoms with Crippen molar-refractivity contribution in [2.45, 2.75) is 6.54 Å². The monoisotopic (exact) mass is 506 g/mol. The van der Waals surface area contributed by atoms with Crippen LogP contribution in [0.5, 0.6) is 0 Å². The predicted octanol–water partition coefficient (Wildman–Crippen LogP) is 2.32. The summed E-state index contributed by atoms with van der Waals surface area (Å²) in [6, 6.07) is 5.42. The van der Waals surface area contributed by atoms with E-state index >= 15 is 0 Å². The van der Waals surface area contributed by atoms with Crippen LogP contribution in [0.15, 0.2) is 24.5 Å². The SMILES string of the molecule is [O-][S+]1CCN(c2nc(N3CCNCC3)nc3c(NCc4ccc(Cl)cc4Cl)ncnc23)CC1. The highest BCUT2D eigenvalue weighted by Gasteiger charge is 2.26. The molecule has 174 valence electrons. The highest BCUT2D eigenvalue weighted by atomic mass is 35.5. The molecule has 0 unspecified atom stereocenters. The molecule has 2 aliphatic heterocycles. The first-order chi connectivity index (χ1) is 16.1. The molecule has 2 saturated heterocycles. The molecule has 0 saturated carbocycles. The van der Waals surface area contributed by atoms with Gasteiger partial charge in [0, 0.05) is 42.8 Å². The van der Waals surface area contributed by atoms with Gasteiger partial charge in [0.1, 0.15) is 28.9 Å². The van der Waals surface area contributed by atoms with Gasteiger partial charge in [-0.15, -0.1) is 0 Å². The van der Waals surface area contributed by atoms with Crippen LogP contribution in [-0.4, -0.2) is 75.3 Å². The molecule has 3 aromatic rings. The van der Waals surface area contributed by atoms with Crippen molar-refractivity contribution in [1.82, 2.24) is 25.3 Å². The predicted molar refractivity (Wildman–Crippen MR) is 134 cm³/mol. The number of hydrogen-bond acceptors (Lipinski definition) is 9. The van der Waals surface area contributed by atoms with Gasteiger partial charge in [-0.05, 0) is 17.7 Å². The van der Waals surface area contributed by atoms with E-state index in [9.17, 15) is 4.55 Å². The van der Waals surface area contributed by atoms with Gasteiger partial charge >= 0.3 is 0 Å². The lowest BCUT2D eigenvalue weighted by molar-refractivity contribution is 0.578. The van der Waals surface area contributed by atoms with E-state index in [4.69, 9.17) is 33.2 Å². The molecule has 0 spiro atoms. The minimum absolute atomic E-state index is 0.465. The van der Waals surface area contributed by atoms with Crippen LogP contribution in [0.2, 0.25) is 10.0 Å². The Kier molecular flexibility index (Phi) is 6.89. The summed E-state index contributed by atoms with van der Waals surface area (Å²) in [5.74, 6) is 3.29. The molecule has 0 amide bonds. The minimum Gasteiger partial charge on any atom is -0.616 e. The smallest absolute Gasteiger partial charge is 0.228 e. The van der Waals surface area contributed by atoms with Crippen LogP contribution in [0.1, 0.15) is 5.56 Å². The van der Waals surface area contributed by atoms with Gasteiger partial charge in [0.25, 0.3) is 0 Å². The Balaban J connectivity index is 1.53. The Hall–Kier alpha value is -2.11. The number of anilines is 3. The lowest BCUT2D eigenvalue weighted by Gasteiger charge is -2.32. The third kappa shape index (κ3) is 5.04. The van der Waals surface area contributed by atoms with Crippen molar-refractivity contribution in [2.75, 3.05) is 65.9 Å². The standard InChI is InChI=1S/C21H24Cl2N8OS/c22-15-2-1-14(16(23)11-15)12-25-19-17-18(26-13-27-19)20(30-7-9-33(32)10-8-30)29-21(28-17)31-5-3-24-4-6-31/h1-2,11,13,24H,3-10,12H2,(H,25,26,27). The second kappa shape index (κ2) is 10.0. The maximum absolute atomic E-state index is 11.9. The van der Waals surface area contributed by atoms with Gasteiger partial charge in [0.2, 0.25) is 5.95 Å². The van der Waals surface area contributed by atoms with E-state index in [2.05, 4.69) is 30.4 Å². The Morgan fingerprint density at radius 1 is 1.00 bits per heavy atom. The van der Waals surface area contributed by atoms with Crippen molar-refractivity contribution in [3.05, 3.63) is 40.1 Å². The van der Waals surface area contributed by atoms with Crippen LogP contribution in [-0.2, 0) is 17.7 Å². The van der Waals surface area contributed by atoms with Crippen LogP contribution >= 0.6 is 23.2 Å². The molecule has 5 rings (SSSR count). The molecule has 0 aliphatic carbocycles. The highest BCUT2D eigenvalue weighted by molar-refractivity contribution is 7.91. The average Bonchev–Trinajstić information content (AvgIpc) is 2.84. The number of rotatable bonds is 5. The number of benzene rings is 1. The van der Waals surface area contributed by atoms with Gasteiger partial charge < -0.3 is 25.0 Å². The molecular weight excluding hydrogens is 483 g/mol. The lowest BCUT2D eigenvalue weighted by Crippen LogP contribution is -2.45. The van der Waals surface area contributed by atoms with E-state index in [-0.39, 0.29) is 0 Å². The third-order valence-corrected chi connectivity index (χ3v) is 7.65. The zero-order valence-electron chi connectivity index (χ0n) is 17.9. The zero-order chi connectivity index (χ0) is 22.8. The van der Waals surface area contributed by atoms with Crippen LogP contribution in [0.4, 0.5) is 17.6 Å². The fourth-order valence-electron chi connectivity index (χ4n) is 3.97. The van der Waals surface area contributed by atoms with E-state index in [0.29, 0.717) is 64.0 Å². The molecule has 12 heteroatoms. The van der Waals surface area contributed by atoms with Crippen LogP contribution < -0.4 is 20.4 Å². The number of fused-ring (bicyclic) bond motifs is 1. The fourth-order valence-corrected chi connectivity index (χ4v) is 5.50. The Labute approximate surface area is 205 Å². The van der Waals surface area contributed by atoms with Gasteiger partial charge in [0.15, 0.2) is 11.6 Å². The van der Waals surface area contributed by atoms with Crippen LogP contribution in [0.3, 0.4) is 0 Å². The second-order valence-electron chi connectivity index (χ2n) is 7.93. The molecule has 9 nitrogen and oxygen atoms in total. The van der Waals surface area contributed by atoms with Gasteiger partial charge in [0.05, 0.1) is 13.1 Å². The summed E-state index contributed by atoms with van der Waals surface area (Å²) in [5.41, 5.74) is 2.25. The van der Waals surface area contributed by atoms with E-state index in [1.807, 2.05) is 12.1 Å². The molecule has 2 fully saturated rings. The normalized spacial score (nSPS) is 17.5. The van der Waals surface area contributed by atoms with E-state index in [0.717, 1.165) is 37.6 Å². The van der Waals surface area contributed by atoms with Crippen molar-refractivity contribution in [3.63, 3.8) is 0 Å². The van der Waals surface area contributed by atoms with Crippen LogP contribution in [0.25, 0.3) is 11.0 Å². The summed E-state index contributed by atoms with van der Waals surface area (Å²) in [4.78, 5) is 23.1. The van der Waals surface area contributed by atoms with Crippen molar-refractivity contribution in [1.29, 1.82) is 0 Å². The van der Waals surface area contributed by atoms with Gasteiger partial charge in [-0.1, -0.05) is 40.4 Å². The summed E-state index contributed by atoms with van der Waals surface area (Å²) in [5, 5.41) is 7.91. The van der Waals surface area contributed by atoms with Gasteiger partial charge in [-0.3, -0.25) is 0 Å². The summed E-state index contributed by atoms with van der Waals surface area (Å²) in [7, 11) is 0. The first kappa shape index (κ1) is 22.7. The van der Waals surface area contributed by atoms with Crippen molar-refractivity contribution in [3.8, 4) is 0 Å². The zero-order valence-corrected chi connectivity index (χ0v) is 20.3. The average molecular weight is 507 g/mol. The maximum atomic E-state index is 11.9. The molecule has 2 aromatic heterocycles. The maximum Gasteiger partial charge on any atom is 0.228 e. The van der Waals surface area contributed by atoms with Crippen LogP contribution in [0, 0.1) is 0 Å². The molecule has 2 aliphatic rings. The van der Waals surface area contributed by atoms with E-state index < -0.39 is 11.2 Å². The first-order valence-corrected chi connectivity index (χ1v) is 13.1. The Morgan fingerprint density at radius 3 is 2.55 bits per heavy atom. The molecular formula is C21H24Cl2N8OS. The summed E-state index contributed by atoms with van der Waals surface area (Å²) in [6.45, 7) is 5.22. The molecule has 0 radical (unpaired) electrons. The van der Waals surface area contributed by atoms with E-state index in [1.54, 1.807) is 6.07 Å². The molecule has 4 heterocycles. The topological polar surface area (TPSA) is 105 Å². The largest absolute Gasteiger partial charge is 0.616 e. The number of aromatic nitrogens is 4. The quantitative estimate of drug-likeness (QED) is 0.504.